The van der Waals surface area contributed by atoms with Crippen LogP contribution in [0.25, 0.3) is 0 Å². The van der Waals surface area contributed by atoms with E-state index < -0.39 is 10.0 Å². The van der Waals surface area contributed by atoms with Gasteiger partial charge in [-0.2, -0.15) is 0 Å². The number of rotatable bonds is 7. The Kier molecular flexibility index (Phi) is 6.01. The van der Waals surface area contributed by atoms with Gasteiger partial charge in [0.05, 0.1) is 0 Å². The van der Waals surface area contributed by atoms with Crippen LogP contribution >= 0.6 is 11.3 Å². The fourth-order valence-electron chi connectivity index (χ4n) is 2.74. The summed E-state index contributed by atoms with van der Waals surface area (Å²) in [7, 11) is -1.46. The molecule has 0 amide bonds. The zero-order chi connectivity index (χ0) is 14.4. The average Bonchev–Trinajstić information content (AvgIpc) is 2.90. The molecular weight excluding hydrogens is 292 g/mol. The van der Waals surface area contributed by atoms with Crippen LogP contribution < -0.4 is 10.0 Å². The highest BCUT2D eigenvalue weighted by molar-refractivity contribution is 7.91. The molecule has 1 aromatic heterocycles. The van der Waals surface area contributed by atoms with Crippen molar-refractivity contribution in [3.05, 3.63) is 17.0 Å². The highest BCUT2D eigenvalue weighted by atomic mass is 32.2. The van der Waals surface area contributed by atoms with Crippen molar-refractivity contribution in [1.82, 2.24) is 10.0 Å². The van der Waals surface area contributed by atoms with Gasteiger partial charge in [-0.05, 0) is 36.4 Å². The third-order valence-electron chi connectivity index (χ3n) is 3.84. The lowest BCUT2D eigenvalue weighted by atomic mass is 9.87. The van der Waals surface area contributed by atoms with Gasteiger partial charge in [0.25, 0.3) is 0 Å². The van der Waals surface area contributed by atoms with Gasteiger partial charge in [-0.15, -0.1) is 11.3 Å². The third-order valence-corrected chi connectivity index (χ3v) is 6.79. The van der Waals surface area contributed by atoms with E-state index in [1.165, 1.54) is 43.4 Å². The monoisotopic (exact) mass is 316 g/mol. The minimum Gasteiger partial charge on any atom is -0.316 e. The molecule has 1 aliphatic carbocycles. The van der Waals surface area contributed by atoms with Crippen LogP contribution in [-0.2, 0) is 16.6 Å². The zero-order valence-electron chi connectivity index (χ0n) is 12.0. The topological polar surface area (TPSA) is 58.2 Å². The van der Waals surface area contributed by atoms with Crippen molar-refractivity contribution in [3.63, 3.8) is 0 Å². The molecule has 1 heterocycles. The quantitative estimate of drug-likeness (QED) is 0.813. The van der Waals surface area contributed by atoms with Crippen molar-refractivity contribution in [2.75, 3.05) is 13.6 Å². The molecule has 6 heteroatoms. The van der Waals surface area contributed by atoms with Gasteiger partial charge in [-0.3, -0.25) is 0 Å². The summed E-state index contributed by atoms with van der Waals surface area (Å²) in [6, 6.07) is 1.75. The number of thiophene rings is 1. The largest absolute Gasteiger partial charge is 0.316 e. The molecule has 0 spiro atoms. The van der Waals surface area contributed by atoms with Crippen molar-refractivity contribution in [3.8, 4) is 0 Å². The Hall–Kier alpha value is -0.430. The van der Waals surface area contributed by atoms with E-state index in [0.717, 1.165) is 12.0 Å². The first-order chi connectivity index (χ1) is 9.62. The van der Waals surface area contributed by atoms with Crippen molar-refractivity contribution in [2.45, 2.75) is 49.3 Å². The van der Waals surface area contributed by atoms with Crippen LogP contribution in [-0.4, -0.2) is 22.0 Å². The van der Waals surface area contributed by atoms with Crippen molar-refractivity contribution in [1.29, 1.82) is 0 Å². The average molecular weight is 316 g/mol. The molecule has 0 aliphatic heterocycles. The van der Waals surface area contributed by atoms with Crippen LogP contribution in [0.4, 0.5) is 0 Å². The maximum absolute atomic E-state index is 12.2. The number of hydrogen-bond donors (Lipinski definition) is 2. The molecule has 2 rings (SSSR count). The van der Waals surface area contributed by atoms with Crippen LogP contribution in [0, 0.1) is 5.92 Å². The first-order valence-electron chi connectivity index (χ1n) is 7.33. The molecular formula is C14H24N2O2S2. The highest BCUT2D eigenvalue weighted by Crippen LogP contribution is 2.26. The minimum absolute atomic E-state index is 0.423. The number of nitrogens with one attached hydrogen (secondary N) is 2. The molecule has 0 radical (unpaired) electrons. The van der Waals surface area contributed by atoms with E-state index in [1.54, 1.807) is 6.07 Å². The molecule has 0 saturated heterocycles. The van der Waals surface area contributed by atoms with Crippen LogP contribution in [0.1, 0.15) is 44.1 Å². The molecule has 1 aromatic rings. The standard InChI is InChI=1S/C14H24N2O2S2/c1-15-10-13-9-14(19-11-13)20(17,18)16-8-7-12-5-3-2-4-6-12/h9,11-12,15-16H,2-8,10H2,1H3. The Morgan fingerprint density at radius 1 is 1.30 bits per heavy atom. The van der Waals surface area contributed by atoms with Crippen LogP contribution in [0.5, 0.6) is 0 Å². The molecule has 0 atom stereocenters. The van der Waals surface area contributed by atoms with E-state index in [2.05, 4.69) is 10.0 Å². The van der Waals surface area contributed by atoms with Crippen molar-refractivity contribution in [2.24, 2.45) is 5.92 Å². The fraction of sp³-hybridized carbons (Fsp3) is 0.714. The molecule has 0 unspecified atom stereocenters. The van der Waals surface area contributed by atoms with Crippen LogP contribution in [0.15, 0.2) is 15.7 Å². The number of sulfonamides is 1. The summed E-state index contributed by atoms with van der Waals surface area (Å²) in [5.74, 6) is 0.703. The molecule has 1 saturated carbocycles. The molecule has 0 bridgehead atoms. The molecule has 1 aliphatic rings. The maximum atomic E-state index is 12.2. The Balaban J connectivity index is 1.83. The van der Waals surface area contributed by atoms with Gasteiger partial charge in [-0.25, -0.2) is 13.1 Å². The van der Waals surface area contributed by atoms with Crippen LogP contribution in [0.2, 0.25) is 0 Å². The first-order valence-corrected chi connectivity index (χ1v) is 9.70. The molecule has 4 nitrogen and oxygen atoms in total. The van der Waals surface area contributed by atoms with Gasteiger partial charge >= 0.3 is 0 Å². The van der Waals surface area contributed by atoms with Gasteiger partial charge in [0.2, 0.25) is 10.0 Å². The van der Waals surface area contributed by atoms with E-state index in [0.29, 0.717) is 23.2 Å². The maximum Gasteiger partial charge on any atom is 0.250 e. The summed E-state index contributed by atoms with van der Waals surface area (Å²) in [4.78, 5) is 0. The zero-order valence-corrected chi connectivity index (χ0v) is 13.7. The lowest BCUT2D eigenvalue weighted by molar-refractivity contribution is 0.340. The normalized spacial score (nSPS) is 17.4. The molecule has 2 N–H and O–H groups in total. The molecule has 0 aromatic carbocycles. The van der Waals surface area contributed by atoms with Gasteiger partial charge in [-0.1, -0.05) is 32.1 Å². The molecule has 1 fully saturated rings. The Morgan fingerprint density at radius 3 is 2.75 bits per heavy atom. The Bertz CT molecular complexity index is 505. The summed E-state index contributed by atoms with van der Waals surface area (Å²) in [5, 5.41) is 4.92. The second kappa shape index (κ2) is 7.54. The van der Waals surface area contributed by atoms with Crippen molar-refractivity contribution >= 4 is 21.4 Å². The molecule has 20 heavy (non-hydrogen) atoms. The third kappa shape index (κ3) is 4.55. The molecule has 114 valence electrons. The van der Waals surface area contributed by atoms with E-state index in [4.69, 9.17) is 0 Å². The fourth-order valence-corrected chi connectivity index (χ4v) is 5.04. The van der Waals surface area contributed by atoms with Gasteiger partial charge in [0.1, 0.15) is 4.21 Å². The number of hydrogen-bond acceptors (Lipinski definition) is 4. The van der Waals surface area contributed by atoms with E-state index in [1.807, 2.05) is 12.4 Å². The first kappa shape index (κ1) is 15.9. The van der Waals surface area contributed by atoms with Gasteiger partial charge < -0.3 is 5.32 Å². The van der Waals surface area contributed by atoms with Gasteiger partial charge in [0, 0.05) is 13.1 Å². The summed E-state index contributed by atoms with van der Waals surface area (Å²) in [6.45, 7) is 1.26. The van der Waals surface area contributed by atoms with Crippen LogP contribution in [0.3, 0.4) is 0 Å². The summed E-state index contributed by atoms with van der Waals surface area (Å²) in [5.41, 5.74) is 1.02. The van der Waals surface area contributed by atoms with Gasteiger partial charge in [0.15, 0.2) is 0 Å². The predicted molar refractivity (Wildman–Crippen MR) is 83.5 cm³/mol. The lowest BCUT2D eigenvalue weighted by Crippen LogP contribution is -2.26. The highest BCUT2D eigenvalue weighted by Gasteiger charge is 2.18. The summed E-state index contributed by atoms with van der Waals surface area (Å²) in [6.07, 6.45) is 7.42. The lowest BCUT2D eigenvalue weighted by Gasteiger charge is -2.21. The van der Waals surface area contributed by atoms with E-state index in [-0.39, 0.29) is 0 Å². The second-order valence-electron chi connectivity index (χ2n) is 5.49. The summed E-state index contributed by atoms with van der Waals surface area (Å²) >= 11 is 1.29. The van der Waals surface area contributed by atoms with Crippen molar-refractivity contribution < 1.29 is 8.42 Å². The Labute approximate surface area is 126 Å². The minimum atomic E-state index is -3.32. The van der Waals surface area contributed by atoms with E-state index >= 15 is 0 Å². The second-order valence-corrected chi connectivity index (χ2v) is 8.40. The Morgan fingerprint density at radius 2 is 2.05 bits per heavy atom. The predicted octanol–water partition coefficient (Wildman–Crippen LogP) is 2.72. The smallest absolute Gasteiger partial charge is 0.250 e. The SMILES string of the molecule is CNCc1csc(S(=O)(=O)NCCC2CCCCC2)c1. The van der Waals surface area contributed by atoms with E-state index in [9.17, 15) is 8.42 Å². The summed E-state index contributed by atoms with van der Waals surface area (Å²) < 4.78 is 27.5.